The first-order valence-electron chi connectivity index (χ1n) is 10.6. The Morgan fingerprint density at radius 3 is 2.36 bits per heavy atom. The molecule has 0 amide bonds. The number of aliphatic imine (C=N–C) groups is 1. The van der Waals surface area contributed by atoms with E-state index >= 15 is 0 Å². The third-order valence-corrected chi connectivity index (χ3v) is 6.09. The van der Waals surface area contributed by atoms with Gasteiger partial charge in [0.1, 0.15) is 12.0 Å². The Kier molecular flexibility index (Phi) is 4.63. The molecule has 0 fully saturated rings. The van der Waals surface area contributed by atoms with E-state index in [2.05, 4.69) is 39.2 Å². The van der Waals surface area contributed by atoms with E-state index in [1.807, 2.05) is 55.5 Å². The molecule has 3 heterocycles. The minimum absolute atomic E-state index is 0.307. The first-order chi connectivity index (χ1) is 16.2. The number of H-pyrrole nitrogens is 2. The Morgan fingerprint density at radius 1 is 0.879 bits per heavy atom. The van der Waals surface area contributed by atoms with Crippen molar-refractivity contribution in [3.63, 3.8) is 0 Å². The van der Waals surface area contributed by atoms with Gasteiger partial charge < -0.3 is 14.4 Å². The molecule has 3 aromatic carbocycles. The summed E-state index contributed by atoms with van der Waals surface area (Å²) < 4.78 is 5.74. The van der Waals surface area contributed by atoms with E-state index in [0.717, 1.165) is 55.6 Å². The Bertz CT molecular complexity index is 1640. The van der Waals surface area contributed by atoms with Crippen LogP contribution in [0.2, 0.25) is 5.02 Å². The van der Waals surface area contributed by atoms with Crippen molar-refractivity contribution >= 4 is 45.6 Å². The summed E-state index contributed by atoms with van der Waals surface area (Å²) in [6, 6.07) is 24.4. The van der Waals surface area contributed by atoms with Crippen LogP contribution in [0.4, 0.5) is 6.01 Å². The molecule has 0 bridgehead atoms. The zero-order valence-electron chi connectivity index (χ0n) is 17.8. The molecule has 0 saturated heterocycles. The molecule has 0 radical (unpaired) electrons. The number of nitrogens with one attached hydrogen (secondary N) is 2. The molecular formula is C27H19ClN4O. The Morgan fingerprint density at radius 2 is 1.58 bits per heavy atom. The molecule has 6 aromatic rings. The topological polar surface area (TPSA) is 70.0 Å². The molecule has 6 heteroatoms. The van der Waals surface area contributed by atoms with Gasteiger partial charge in [0.15, 0.2) is 0 Å². The lowest BCUT2D eigenvalue weighted by molar-refractivity contribution is 0.570. The van der Waals surface area contributed by atoms with E-state index in [1.54, 1.807) is 12.5 Å². The van der Waals surface area contributed by atoms with Gasteiger partial charge in [0.25, 0.3) is 0 Å². The van der Waals surface area contributed by atoms with E-state index in [1.165, 1.54) is 0 Å². The van der Waals surface area contributed by atoms with Crippen molar-refractivity contribution in [2.45, 2.75) is 6.92 Å². The number of halogens is 1. The molecule has 5 nitrogen and oxygen atoms in total. The smallest absolute Gasteiger partial charge is 0.322 e. The highest BCUT2D eigenvalue weighted by Gasteiger charge is 2.18. The Balaban J connectivity index is 1.43. The van der Waals surface area contributed by atoms with Crippen LogP contribution in [0.5, 0.6) is 0 Å². The average Bonchev–Trinajstić information content (AvgIpc) is 3.52. The fourth-order valence-corrected chi connectivity index (χ4v) is 4.39. The van der Waals surface area contributed by atoms with Crippen molar-refractivity contribution in [2.75, 3.05) is 0 Å². The van der Waals surface area contributed by atoms with Crippen molar-refractivity contribution in [1.82, 2.24) is 15.0 Å². The number of fused-ring (bicyclic) bond motifs is 2. The second-order valence-corrected chi connectivity index (χ2v) is 8.35. The van der Waals surface area contributed by atoms with Crippen molar-refractivity contribution in [2.24, 2.45) is 4.99 Å². The van der Waals surface area contributed by atoms with Gasteiger partial charge in [0.2, 0.25) is 0 Å². The van der Waals surface area contributed by atoms with E-state index < -0.39 is 0 Å². The molecule has 0 unspecified atom stereocenters. The molecule has 2 N–H and O–H groups in total. The summed E-state index contributed by atoms with van der Waals surface area (Å²) in [5.74, 6) is 0. The van der Waals surface area contributed by atoms with Gasteiger partial charge in [0, 0.05) is 49.9 Å². The number of para-hydroxylation sites is 2. The number of oxazole rings is 1. The van der Waals surface area contributed by atoms with Gasteiger partial charge >= 0.3 is 6.01 Å². The summed E-state index contributed by atoms with van der Waals surface area (Å²) in [7, 11) is 0. The zero-order valence-corrected chi connectivity index (χ0v) is 18.5. The maximum Gasteiger partial charge on any atom is 0.322 e. The molecule has 0 aliphatic rings. The summed E-state index contributed by atoms with van der Waals surface area (Å²) in [5, 5.41) is 2.88. The van der Waals surface area contributed by atoms with Crippen LogP contribution in [0, 0.1) is 6.92 Å². The number of rotatable bonds is 4. The summed E-state index contributed by atoms with van der Waals surface area (Å²) in [6.07, 6.45) is 3.46. The molecular weight excluding hydrogens is 432 g/mol. The first kappa shape index (κ1) is 19.6. The molecule has 0 atom stereocenters. The van der Waals surface area contributed by atoms with Crippen LogP contribution < -0.4 is 0 Å². The van der Waals surface area contributed by atoms with Gasteiger partial charge in [0.05, 0.1) is 5.69 Å². The fraction of sp³-hybridized carbons (Fsp3) is 0.0370. The van der Waals surface area contributed by atoms with Gasteiger partial charge in [-0.05, 0) is 36.8 Å². The SMILES string of the molecule is Cc1[nH]c2ccccc2c1C=Nc1nc(-c2c(-c3ccc(Cl)cc3)[nH]c3ccccc23)co1. The lowest BCUT2D eigenvalue weighted by Crippen LogP contribution is -1.84. The number of nitrogens with zero attached hydrogens (tertiary/aromatic N) is 2. The molecule has 160 valence electrons. The molecule has 0 aliphatic carbocycles. The lowest BCUT2D eigenvalue weighted by Gasteiger charge is -2.02. The van der Waals surface area contributed by atoms with Gasteiger partial charge in [-0.15, -0.1) is 0 Å². The monoisotopic (exact) mass is 450 g/mol. The van der Waals surface area contributed by atoms with E-state index in [0.29, 0.717) is 11.0 Å². The van der Waals surface area contributed by atoms with Crippen LogP contribution in [-0.2, 0) is 0 Å². The number of aromatic amines is 2. The third-order valence-electron chi connectivity index (χ3n) is 5.83. The number of aryl methyl sites for hydroxylation is 1. The van der Waals surface area contributed by atoms with Crippen molar-refractivity contribution in [3.05, 3.63) is 95.3 Å². The second-order valence-electron chi connectivity index (χ2n) is 7.91. The minimum atomic E-state index is 0.307. The summed E-state index contributed by atoms with van der Waals surface area (Å²) in [6.45, 7) is 2.03. The van der Waals surface area contributed by atoms with Crippen LogP contribution in [-0.4, -0.2) is 21.2 Å². The first-order valence-corrected chi connectivity index (χ1v) is 11.0. The summed E-state index contributed by atoms with van der Waals surface area (Å²) in [4.78, 5) is 16.1. The van der Waals surface area contributed by atoms with Crippen molar-refractivity contribution < 1.29 is 4.42 Å². The molecule has 0 saturated carbocycles. The number of hydrogen-bond acceptors (Lipinski definition) is 3. The summed E-state index contributed by atoms with van der Waals surface area (Å²) in [5.41, 5.74) is 7.86. The van der Waals surface area contributed by atoms with Crippen molar-refractivity contribution in [1.29, 1.82) is 0 Å². The van der Waals surface area contributed by atoms with Crippen LogP contribution in [0.3, 0.4) is 0 Å². The highest BCUT2D eigenvalue weighted by Crippen LogP contribution is 2.38. The average molecular weight is 451 g/mol. The van der Waals surface area contributed by atoms with Gasteiger partial charge in [-0.3, -0.25) is 0 Å². The normalized spacial score (nSPS) is 11.8. The molecule has 0 aliphatic heterocycles. The maximum absolute atomic E-state index is 6.11. The number of aromatic nitrogens is 3. The fourth-order valence-electron chi connectivity index (χ4n) is 4.26. The van der Waals surface area contributed by atoms with Crippen LogP contribution in [0.1, 0.15) is 11.3 Å². The highest BCUT2D eigenvalue weighted by molar-refractivity contribution is 6.30. The molecule has 6 rings (SSSR count). The Labute approximate surface area is 194 Å². The molecule has 33 heavy (non-hydrogen) atoms. The standard InChI is InChI=1S/C27H19ClN4O/c1-16-21(19-6-2-4-8-22(19)30-16)14-29-27-32-24(15-33-27)25-20-7-3-5-9-23(20)31-26(25)17-10-12-18(28)13-11-17/h2-15,30-31H,1H3. The lowest BCUT2D eigenvalue weighted by atomic mass is 10.0. The van der Waals surface area contributed by atoms with Gasteiger partial charge in [-0.2, -0.15) is 4.98 Å². The zero-order chi connectivity index (χ0) is 22.4. The van der Waals surface area contributed by atoms with Crippen molar-refractivity contribution in [3.8, 4) is 22.5 Å². The Hall–Kier alpha value is -4.09. The van der Waals surface area contributed by atoms with Crippen LogP contribution >= 0.6 is 11.6 Å². The molecule has 0 spiro atoms. The van der Waals surface area contributed by atoms with Gasteiger partial charge in [-0.1, -0.05) is 60.1 Å². The van der Waals surface area contributed by atoms with E-state index in [4.69, 9.17) is 21.0 Å². The van der Waals surface area contributed by atoms with E-state index in [9.17, 15) is 0 Å². The second kappa shape index (κ2) is 7.80. The largest absolute Gasteiger partial charge is 0.430 e. The molecule has 3 aromatic heterocycles. The van der Waals surface area contributed by atoms with E-state index in [-0.39, 0.29) is 0 Å². The predicted molar refractivity (Wildman–Crippen MR) is 135 cm³/mol. The highest BCUT2D eigenvalue weighted by atomic mass is 35.5. The quantitative estimate of drug-likeness (QED) is 0.270. The third kappa shape index (κ3) is 3.43. The predicted octanol–water partition coefficient (Wildman–Crippen LogP) is 7.68. The maximum atomic E-state index is 6.11. The van der Waals surface area contributed by atoms with Gasteiger partial charge in [-0.25, -0.2) is 4.99 Å². The number of hydrogen-bond donors (Lipinski definition) is 2. The minimum Gasteiger partial charge on any atom is -0.430 e. The van der Waals surface area contributed by atoms with Crippen LogP contribution in [0.15, 0.2) is 88.5 Å². The summed E-state index contributed by atoms with van der Waals surface area (Å²) >= 11 is 6.11. The number of benzene rings is 3. The van der Waals surface area contributed by atoms with Crippen LogP contribution in [0.25, 0.3) is 44.3 Å².